The smallest absolute Gasteiger partial charge is 0.0784 e. The fourth-order valence-electron chi connectivity index (χ4n) is 2.15. The van der Waals surface area contributed by atoms with Gasteiger partial charge in [-0.1, -0.05) is 18.3 Å². The summed E-state index contributed by atoms with van der Waals surface area (Å²) in [6, 6.07) is 0. The molecule has 0 aliphatic carbocycles. The molecule has 1 atom stereocenters. The highest BCUT2D eigenvalue weighted by molar-refractivity contribution is 7.80. The number of allylic oxidation sites excluding steroid dienone is 2. The van der Waals surface area contributed by atoms with Crippen molar-refractivity contribution in [3.8, 4) is 0 Å². The van der Waals surface area contributed by atoms with Crippen LogP contribution in [0.4, 0.5) is 0 Å². The number of rotatable bonds is 2. The first-order valence-electron chi connectivity index (χ1n) is 6.02. The molecule has 0 radical (unpaired) electrons. The summed E-state index contributed by atoms with van der Waals surface area (Å²) in [4.78, 5) is 3.41. The zero-order valence-electron chi connectivity index (χ0n) is 9.87. The predicted octanol–water partition coefficient (Wildman–Crippen LogP) is 1.55. The van der Waals surface area contributed by atoms with Gasteiger partial charge >= 0.3 is 0 Å². The van der Waals surface area contributed by atoms with Crippen molar-refractivity contribution in [2.45, 2.75) is 19.8 Å². The van der Waals surface area contributed by atoms with Crippen molar-refractivity contribution >= 4 is 17.2 Å². The lowest BCUT2D eigenvalue weighted by molar-refractivity contribution is 0.0679. The summed E-state index contributed by atoms with van der Waals surface area (Å²) in [6.07, 6.45) is 4.46. The largest absolute Gasteiger partial charge is 0.389 e. The van der Waals surface area contributed by atoms with Gasteiger partial charge in [-0.05, 0) is 19.3 Å². The van der Waals surface area contributed by atoms with E-state index in [0.717, 1.165) is 50.7 Å². The summed E-state index contributed by atoms with van der Waals surface area (Å²) in [5, 5.41) is 3.40. The van der Waals surface area contributed by atoms with Gasteiger partial charge in [0.25, 0.3) is 0 Å². The number of hydrogen-bond donors (Lipinski definition) is 1. The number of nitrogens with one attached hydrogen (secondary N) is 1. The SMILES string of the molecule is CC1=CCC(CC(=S)N2CCOCC2)CN1. The Kier molecular flexibility index (Phi) is 4.18. The molecule has 4 heteroatoms. The third-order valence-corrected chi connectivity index (χ3v) is 3.68. The van der Waals surface area contributed by atoms with Crippen LogP contribution in [-0.4, -0.2) is 42.7 Å². The molecule has 2 heterocycles. The number of thiocarbonyl (C=S) groups is 1. The van der Waals surface area contributed by atoms with Crippen LogP contribution in [0.3, 0.4) is 0 Å². The van der Waals surface area contributed by atoms with Gasteiger partial charge in [0.2, 0.25) is 0 Å². The molecule has 1 unspecified atom stereocenters. The van der Waals surface area contributed by atoms with Crippen LogP contribution in [0.25, 0.3) is 0 Å². The quantitative estimate of drug-likeness (QED) is 0.740. The molecular formula is C12H20N2OS. The summed E-state index contributed by atoms with van der Waals surface area (Å²) in [7, 11) is 0. The maximum atomic E-state index is 5.51. The Morgan fingerprint density at radius 3 is 2.94 bits per heavy atom. The second kappa shape index (κ2) is 5.64. The molecule has 16 heavy (non-hydrogen) atoms. The summed E-state index contributed by atoms with van der Waals surface area (Å²) < 4.78 is 5.33. The Bertz CT molecular complexity index is 285. The van der Waals surface area contributed by atoms with Gasteiger partial charge in [-0.3, -0.25) is 0 Å². The highest BCUT2D eigenvalue weighted by Crippen LogP contribution is 2.17. The van der Waals surface area contributed by atoms with Crippen LogP contribution in [0.15, 0.2) is 11.8 Å². The summed E-state index contributed by atoms with van der Waals surface area (Å²) in [5.74, 6) is 0.666. The molecule has 90 valence electrons. The zero-order chi connectivity index (χ0) is 11.4. The van der Waals surface area contributed by atoms with E-state index in [1.165, 1.54) is 5.70 Å². The lowest BCUT2D eigenvalue weighted by Gasteiger charge is -2.31. The highest BCUT2D eigenvalue weighted by Gasteiger charge is 2.19. The molecule has 2 rings (SSSR count). The van der Waals surface area contributed by atoms with E-state index in [9.17, 15) is 0 Å². The zero-order valence-corrected chi connectivity index (χ0v) is 10.7. The lowest BCUT2D eigenvalue weighted by atomic mass is 9.97. The molecule has 3 nitrogen and oxygen atoms in total. The fraction of sp³-hybridized carbons (Fsp3) is 0.750. The van der Waals surface area contributed by atoms with Crippen molar-refractivity contribution in [2.24, 2.45) is 5.92 Å². The first kappa shape index (κ1) is 11.9. The third-order valence-electron chi connectivity index (χ3n) is 3.25. The van der Waals surface area contributed by atoms with E-state index in [2.05, 4.69) is 23.2 Å². The van der Waals surface area contributed by atoms with Crippen LogP contribution in [-0.2, 0) is 4.74 Å². The number of nitrogens with zero attached hydrogens (tertiary/aromatic N) is 1. The average Bonchev–Trinajstić information content (AvgIpc) is 2.33. The van der Waals surface area contributed by atoms with Crippen molar-refractivity contribution in [3.63, 3.8) is 0 Å². The molecule has 0 amide bonds. The standard InChI is InChI=1S/C12H20N2OS/c1-10-2-3-11(9-13-10)8-12(16)14-4-6-15-7-5-14/h2,11,13H,3-9H2,1H3. The molecule has 0 aromatic heterocycles. The van der Waals surface area contributed by atoms with E-state index < -0.39 is 0 Å². The van der Waals surface area contributed by atoms with Crippen LogP contribution < -0.4 is 5.32 Å². The van der Waals surface area contributed by atoms with Gasteiger partial charge in [-0.2, -0.15) is 0 Å². The Morgan fingerprint density at radius 1 is 1.56 bits per heavy atom. The van der Waals surface area contributed by atoms with E-state index in [4.69, 9.17) is 17.0 Å². The van der Waals surface area contributed by atoms with E-state index in [-0.39, 0.29) is 0 Å². The lowest BCUT2D eigenvalue weighted by Crippen LogP contribution is -2.41. The molecule has 0 bridgehead atoms. The minimum Gasteiger partial charge on any atom is -0.389 e. The summed E-state index contributed by atoms with van der Waals surface area (Å²) >= 11 is 5.51. The average molecular weight is 240 g/mol. The van der Waals surface area contributed by atoms with Crippen molar-refractivity contribution in [2.75, 3.05) is 32.8 Å². The first-order chi connectivity index (χ1) is 7.75. The Labute approximate surface area is 103 Å². The van der Waals surface area contributed by atoms with E-state index in [0.29, 0.717) is 5.92 Å². The van der Waals surface area contributed by atoms with Gasteiger partial charge in [0, 0.05) is 31.8 Å². The van der Waals surface area contributed by atoms with Gasteiger partial charge in [0.05, 0.1) is 18.2 Å². The number of ether oxygens (including phenoxy) is 1. The van der Waals surface area contributed by atoms with Gasteiger partial charge in [0.1, 0.15) is 0 Å². The highest BCUT2D eigenvalue weighted by atomic mass is 32.1. The topological polar surface area (TPSA) is 24.5 Å². The molecule has 0 spiro atoms. The molecule has 0 aromatic rings. The predicted molar refractivity (Wildman–Crippen MR) is 69.5 cm³/mol. The van der Waals surface area contributed by atoms with Crippen molar-refractivity contribution in [3.05, 3.63) is 11.8 Å². The molecule has 1 N–H and O–H groups in total. The Balaban J connectivity index is 1.78. The van der Waals surface area contributed by atoms with Gasteiger partial charge in [-0.15, -0.1) is 0 Å². The molecule has 2 aliphatic heterocycles. The van der Waals surface area contributed by atoms with Crippen molar-refractivity contribution < 1.29 is 4.74 Å². The van der Waals surface area contributed by atoms with Crippen molar-refractivity contribution in [1.82, 2.24) is 10.2 Å². The minimum atomic E-state index is 0.666. The second-order valence-corrected chi connectivity index (χ2v) is 5.04. The van der Waals surface area contributed by atoms with Crippen molar-refractivity contribution in [1.29, 1.82) is 0 Å². The monoisotopic (exact) mass is 240 g/mol. The Hall–Kier alpha value is -0.610. The van der Waals surface area contributed by atoms with Crippen LogP contribution in [0.5, 0.6) is 0 Å². The molecule has 1 fully saturated rings. The maximum absolute atomic E-state index is 5.51. The van der Waals surface area contributed by atoms with Crippen LogP contribution in [0, 0.1) is 5.92 Å². The van der Waals surface area contributed by atoms with E-state index in [1.54, 1.807) is 0 Å². The third kappa shape index (κ3) is 3.19. The molecule has 0 saturated carbocycles. The van der Waals surface area contributed by atoms with Crippen LogP contribution >= 0.6 is 12.2 Å². The Morgan fingerprint density at radius 2 is 2.31 bits per heavy atom. The molecule has 0 aromatic carbocycles. The summed E-state index contributed by atoms with van der Waals surface area (Å²) in [5.41, 5.74) is 1.30. The number of hydrogen-bond acceptors (Lipinski definition) is 3. The van der Waals surface area contributed by atoms with Gasteiger partial charge in [0.15, 0.2) is 0 Å². The fourth-order valence-corrected chi connectivity index (χ4v) is 2.57. The first-order valence-corrected chi connectivity index (χ1v) is 6.42. The van der Waals surface area contributed by atoms with E-state index in [1.807, 2.05) is 0 Å². The van der Waals surface area contributed by atoms with Gasteiger partial charge in [-0.25, -0.2) is 0 Å². The normalized spacial score (nSPS) is 25.9. The van der Waals surface area contributed by atoms with E-state index >= 15 is 0 Å². The maximum Gasteiger partial charge on any atom is 0.0784 e. The number of morpholine rings is 1. The van der Waals surface area contributed by atoms with Crippen LogP contribution in [0.1, 0.15) is 19.8 Å². The van der Waals surface area contributed by atoms with Crippen LogP contribution in [0.2, 0.25) is 0 Å². The molecule has 2 aliphatic rings. The molecule has 1 saturated heterocycles. The second-order valence-electron chi connectivity index (χ2n) is 4.57. The summed E-state index contributed by atoms with van der Waals surface area (Å²) in [6.45, 7) is 6.76. The van der Waals surface area contributed by atoms with Gasteiger partial charge < -0.3 is 15.0 Å². The molecular weight excluding hydrogens is 220 g/mol. The minimum absolute atomic E-state index is 0.666.